The number of aryl methyl sites for hydroxylation is 1. The van der Waals surface area contributed by atoms with Crippen LogP contribution in [0.2, 0.25) is 0 Å². The standard InChI is InChI=1S/C11H13N5/c1-8-6-9(2-3-13-8)11-15-14-10-7-12-4-5-16(10)11/h2-3,6,12H,4-5,7H2,1H3. The van der Waals surface area contributed by atoms with E-state index < -0.39 is 0 Å². The van der Waals surface area contributed by atoms with Crippen molar-refractivity contribution in [3.63, 3.8) is 0 Å². The molecule has 0 spiro atoms. The maximum atomic E-state index is 4.25. The maximum absolute atomic E-state index is 4.25. The average molecular weight is 215 g/mol. The third kappa shape index (κ3) is 1.49. The SMILES string of the molecule is Cc1cc(-c2nnc3n2CCNC3)ccn1. The lowest BCUT2D eigenvalue weighted by Crippen LogP contribution is -2.28. The van der Waals surface area contributed by atoms with E-state index in [-0.39, 0.29) is 0 Å². The molecule has 1 aliphatic rings. The van der Waals surface area contributed by atoms with Gasteiger partial charge in [0.05, 0.1) is 6.54 Å². The van der Waals surface area contributed by atoms with Crippen molar-refractivity contribution in [1.82, 2.24) is 25.1 Å². The van der Waals surface area contributed by atoms with Gasteiger partial charge in [-0.3, -0.25) is 4.98 Å². The molecule has 0 saturated carbocycles. The molecule has 0 bridgehead atoms. The summed E-state index contributed by atoms with van der Waals surface area (Å²) in [7, 11) is 0. The van der Waals surface area contributed by atoms with Crippen molar-refractivity contribution in [2.75, 3.05) is 6.54 Å². The summed E-state index contributed by atoms with van der Waals surface area (Å²) in [6.45, 7) is 4.69. The van der Waals surface area contributed by atoms with Gasteiger partial charge in [0.1, 0.15) is 5.82 Å². The quantitative estimate of drug-likeness (QED) is 0.762. The van der Waals surface area contributed by atoms with Crippen LogP contribution in [-0.2, 0) is 13.1 Å². The minimum absolute atomic E-state index is 0.803. The summed E-state index contributed by atoms with van der Waals surface area (Å²) in [5, 5.41) is 11.7. The summed E-state index contributed by atoms with van der Waals surface area (Å²) in [5.74, 6) is 1.96. The Morgan fingerprint density at radius 1 is 1.38 bits per heavy atom. The van der Waals surface area contributed by atoms with E-state index in [0.717, 1.165) is 42.5 Å². The molecule has 1 N–H and O–H groups in total. The Morgan fingerprint density at radius 3 is 3.19 bits per heavy atom. The van der Waals surface area contributed by atoms with E-state index in [2.05, 4.69) is 25.1 Å². The molecule has 3 rings (SSSR count). The van der Waals surface area contributed by atoms with Crippen molar-refractivity contribution in [1.29, 1.82) is 0 Å². The number of rotatable bonds is 1. The van der Waals surface area contributed by atoms with Gasteiger partial charge in [0.15, 0.2) is 5.82 Å². The van der Waals surface area contributed by atoms with Crippen molar-refractivity contribution in [3.8, 4) is 11.4 Å². The predicted octanol–water partition coefficient (Wildman–Crippen LogP) is 0.752. The second-order valence-corrected chi connectivity index (χ2v) is 3.95. The highest BCUT2D eigenvalue weighted by Crippen LogP contribution is 2.19. The number of nitrogens with one attached hydrogen (secondary N) is 1. The predicted molar refractivity (Wildman–Crippen MR) is 59.7 cm³/mol. The van der Waals surface area contributed by atoms with Crippen LogP contribution in [0, 0.1) is 6.92 Å². The molecule has 2 aromatic heterocycles. The van der Waals surface area contributed by atoms with Gasteiger partial charge in [0.25, 0.3) is 0 Å². The molecule has 0 unspecified atom stereocenters. The van der Waals surface area contributed by atoms with Crippen LogP contribution in [-0.4, -0.2) is 26.3 Å². The van der Waals surface area contributed by atoms with Gasteiger partial charge in [-0.2, -0.15) is 0 Å². The van der Waals surface area contributed by atoms with Gasteiger partial charge >= 0.3 is 0 Å². The molecular formula is C11H13N5. The van der Waals surface area contributed by atoms with Gasteiger partial charge in [0.2, 0.25) is 0 Å². The second kappa shape index (κ2) is 3.68. The Morgan fingerprint density at radius 2 is 2.31 bits per heavy atom. The van der Waals surface area contributed by atoms with Crippen LogP contribution >= 0.6 is 0 Å². The Labute approximate surface area is 93.5 Å². The highest BCUT2D eigenvalue weighted by atomic mass is 15.3. The van der Waals surface area contributed by atoms with Crippen LogP contribution < -0.4 is 5.32 Å². The van der Waals surface area contributed by atoms with E-state index in [1.165, 1.54) is 0 Å². The lowest BCUT2D eigenvalue weighted by molar-refractivity contribution is 0.508. The summed E-state index contributed by atoms with van der Waals surface area (Å²) in [6.07, 6.45) is 1.81. The van der Waals surface area contributed by atoms with Gasteiger partial charge in [0, 0.05) is 30.5 Å². The number of aromatic nitrogens is 4. The van der Waals surface area contributed by atoms with E-state index in [1.807, 2.05) is 25.3 Å². The topological polar surface area (TPSA) is 55.6 Å². The molecule has 0 amide bonds. The molecule has 0 fully saturated rings. The normalized spacial score (nSPS) is 14.8. The lowest BCUT2D eigenvalue weighted by atomic mass is 10.2. The number of hydrogen-bond donors (Lipinski definition) is 1. The first-order valence-corrected chi connectivity index (χ1v) is 5.40. The largest absolute Gasteiger partial charge is 0.309 e. The van der Waals surface area contributed by atoms with E-state index in [4.69, 9.17) is 0 Å². The third-order valence-corrected chi connectivity index (χ3v) is 2.78. The Hall–Kier alpha value is -1.75. The summed E-state index contributed by atoms with van der Waals surface area (Å²) < 4.78 is 2.17. The zero-order valence-electron chi connectivity index (χ0n) is 9.14. The first-order valence-electron chi connectivity index (χ1n) is 5.40. The van der Waals surface area contributed by atoms with Crippen LogP contribution in [0.25, 0.3) is 11.4 Å². The van der Waals surface area contributed by atoms with E-state index in [0.29, 0.717) is 0 Å². The molecule has 82 valence electrons. The maximum Gasteiger partial charge on any atom is 0.164 e. The number of fused-ring (bicyclic) bond motifs is 1. The highest BCUT2D eigenvalue weighted by Gasteiger charge is 2.16. The van der Waals surface area contributed by atoms with Gasteiger partial charge in [-0.15, -0.1) is 10.2 Å². The van der Waals surface area contributed by atoms with Crippen molar-refractivity contribution in [3.05, 3.63) is 29.8 Å². The molecule has 3 heterocycles. The van der Waals surface area contributed by atoms with Gasteiger partial charge in [-0.25, -0.2) is 0 Å². The van der Waals surface area contributed by atoms with Crippen LogP contribution in [0.1, 0.15) is 11.5 Å². The molecule has 5 nitrogen and oxygen atoms in total. The van der Waals surface area contributed by atoms with E-state index in [9.17, 15) is 0 Å². The molecule has 0 atom stereocenters. The molecular weight excluding hydrogens is 202 g/mol. The molecule has 0 radical (unpaired) electrons. The fourth-order valence-corrected chi connectivity index (χ4v) is 1.99. The minimum Gasteiger partial charge on any atom is -0.309 e. The molecule has 0 saturated heterocycles. The molecule has 16 heavy (non-hydrogen) atoms. The Bertz CT molecular complexity index is 517. The van der Waals surface area contributed by atoms with Crippen molar-refractivity contribution >= 4 is 0 Å². The van der Waals surface area contributed by atoms with Crippen molar-refractivity contribution in [2.45, 2.75) is 20.0 Å². The molecule has 0 aliphatic carbocycles. The van der Waals surface area contributed by atoms with Crippen LogP contribution in [0.4, 0.5) is 0 Å². The van der Waals surface area contributed by atoms with Gasteiger partial charge < -0.3 is 9.88 Å². The third-order valence-electron chi connectivity index (χ3n) is 2.78. The molecule has 2 aromatic rings. The summed E-state index contributed by atoms with van der Waals surface area (Å²) in [6, 6.07) is 4.02. The monoisotopic (exact) mass is 215 g/mol. The van der Waals surface area contributed by atoms with Crippen LogP contribution in [0.5, 0.6) is 0 Å². The fourth-order valence-electron chi connectivity index (χ4n) is 1.99. The highest BCUT2D eigenvalue weighted by molar-refractivity contribution is 5.55. The van der Waals surface area contributed by atoms with E-state index in [1.54, 1.807) is 0 Å². The molecule has 0 aromatic carbocycles. The zero-order chi connectivity index (χ0) is 11.0. The Kier molecular flexibility index (Phi) is 2.18. The van der Waals surface area contributed by atoms with Crippen LogP contribution in [0.3, 0.4) is 0 Å². The molecule has 5 heteroatoms. The summed E-state index contributed by atoms with van der Waals surface area (Å²) >= 11 is 0. The number of nitrogens with zero attached hydrogens (tertiary/aromatic N) is 4. The number of pyridine rings is 1. The number of hydrogen-bond acceptors (Lipinski definition) is 4. The second-order valence-electron chi connectivity index (χ2n) is 3.95. The van der Waals surface area contributed by atoms with E-state index >= 15 is 0 Å². The van der Waals surface area contributed by atoms with Crippen molar-refractivity contribution in [2.24, 2.45) is 0 Å². The first kappa shape index (κ1) is 9.47. The average Bonchev–Trinajstić information content (AvgIpc) is 2.72. The van der Waals surface area contributed by atoms with Gasteiger partial charge in [-0.1, -0.05) is 0 Å². The van der Waals surface area contributed by atoms with Crippen LogP contribution in [0.15, 0.2) is 18.3 Å². The van der Waals surface area contributed by atoms with Gasteiger partial charge in [-0.05, 0) is 19.1 Å². The first-order chi connectivity index (χ1) is 7.84. The zero-order valence-corrected chi connectivity index (χ0v) is 9.14. The smallest absolute Gasteiger partial charge is 0.164 e. The van der Waals surface area contributed by atoms with Crippen molar-refractivity contribution < 1.29 is 0 Å². The minimum atomic E-state index is 0.803. The summed E-state index contributed by atoms with van der Waals surface area (Å²) in [4.78, 5) is 4.19. The summed E-state index contributed by atoms with van der Waals surface area (Å²) in [5.41, 5.74) is 2.09. The molecule has 1 aliphatic heterocycles. The Balaban J connectivity index is 2.09. The lowest BCUT2D eigenvalue weighted by Gasteiger charge is -2.15. The fraction of sp³-hybridized carbons (Fsp3) is 0.364.